The Kier molecular flexibility index (Phi) is 3.72. The lowest BCUT2D eigenvalue weighted by atomic mass is 10.2. The molecule has 0 radical (unpaired) electrons. The molecule has 2 aromatic heterocycles. The molecular formula is C14H15N3S2. The number of nitrogens with zero attached hydrogens (tertiary/aromatic N) is 3. The van der Waals surface area contributed by atoms with Crippen LogP contribution < -0.4 is 0 Å². The van der Waals surface area contributed by atoms with Crippen LogP contribution in [0.2, 0.25) is 0 Å². The van der Waals surface area contributed by atoms with Crippen LogP contribution >= 0.6 is 23.1 Å². The minimum atomic E-state index is 0.627. The minimum absolute atomic E-state index is 0.627. The van der Waals surface area contributed by atoms with Gasteiger partial charge >= 0.3 is 0 Å². The Morgan fingerprint density at radius 3 is 3.11 bits per heavy atom. The van der Waals surface area contributed by atoms with Gasteiger partial charge in [0.05, 0.1) is 6.07 Å². The van der Waals surface area contributed by atoms with Crippen molar-refractivity contribution < 1.29 is 0 Å². The third-order valence-electron chi connectivity index (χ3n) is 3.31. The number of aromatic nitrogens is 2. The van der Waals surface area contributed by atoms with Gasteiger partial charge in [-0.1, -0.05) is 0 Å². The van der Waals surface area contributed by atoms with Crippen molar-refractivity contribution in [3.63, 3.8) is 0 Å². The van der Waals surface area contributed by atoms with Gasteiger partial charge in [-0.25, -0.2) is 9.97 Å². The van der Waals surface area contributed by atoms with Crippen LogP contribution in [0.15, 0.2) is 5.03 Å². The second-order valence-electron chi connectivity index (χ2n) is 4.72. The third-order valence-corrected chi connectivity index (χ3v) is 5.56. The van der Waals surface area contributed by atoms with Crippen molar-refractivity contribution in [2.75, 3.05) is 5.75 Å². The summed E-state index contributed by atoms with van der Waals surface area (Å²) in [5.41, 5.74) is 1.49. The quantitative estimate of drug-likeness (QED) is 0.487. The first-order valence-corrected chi connectivity index (χ1v) is 8.38. The molecule has 0 spiro atoms. The number of thiophene rings is 1. The predicted octanol–water partition coefficient (Wildman–Crippen LogP) is 3.88. The molecule has 1 aliphatic carbocycles. The molecule has 19 heavy (non-hydrogen) atoms. The van der Waals surface area contributed by atoms with Crippen LogP contribution in [-0.2, 0) is 12.8 Å². The Bertz CT molecular complexity index is 655. The fraction of sp³-hybridized carbons (Fsp3) is 0.500. The van der Waals surface area contributed by atoms with E-state index < -0.39 is 0 Å². The Labute approximate surface area is 121 Å². The fourth-order valence-electron chi connectivity index (χ4n) is 2.49. The van der Waals surface area contributed by atoms with Crippen molar-refractivity contribution in [2.45, 2.75) is 44.1 Å². The number of unbranched alkanes of at least 4 members (excludes halogenated alkanes) is 1. The molecule has 2 aromatic rings. The second-order valence-corrected chi connectivity index (χ2v) is 6.89. The Balaban J connectivity index is 1.95. The zero-order chi connectivity index (χ0) is 13.2. The van der Waals surface area contributed by atoms with Gasteiger partial charge in [-0.3, -0.25) is 0 Å². The van der Waals surface area contributed by atoms with Crippen molar-refractivity contribution >= 4 is 33.3 Å². The number of rotatable bonds is 4. The molecule has 5 heteroatoms. The van der Waals surface area contributed by atoms with Gasteiger partial charge in [0.15, 0.2) is 0 Å². The van der Waals surface area contributed by atoms with Crippen molar-refractivity contribution in [3.8, 4) is 6.07 Å². The maximum atomic E-state index is 8.59. The number of fused-ring (bicyclic) bond motifs is 3. The number of thioether (sulfide) groups is 1. The summed E-state index contributed by atoms with van der Waals surface area (Å²) in [7, 11) is 0. The van der Waals surface area contributed by atoms with E-state index in [2.05, 4.69) is 16.0 Å². The van der Waals surface area contributed by atoms with Crippen LogP contribution in [0.25, 0.3) is 10.2 Å². The summed E-state index contributed by atoms with van der Waals surface area (Å²) in [6.45, 7) is 1.96. The highest BCUT2D eigenvalue weighted by atomic mass is 32.2. The smallest absolute Gasteiger partial charge is 0.128 e. The summed E-state index contributed by atoms with van der Waals surface area (Å²) < 4.78 is 0. The van der Waals surface area contributed by atoms with Gasteiger partial charge < -0.3 is 0 Å². The van der Waals surface area contributed by atoms with Crippen LogP contribution in [0, 0.1) is 18.3 Å². The first kappa shape index (κ1) is 12.9. The largest absolute Gasteiger partial charge is 0.226 e. The molecule has 0 bridgehead atoms. The van der Waals surface area contributed by atoms with E-state index in [4.69, 9.17) is 5.26 Å². The molecule has 0 unspecified atom stereocenters. The van der Waals surface area contributed by atoms with E-state index in [0.29, 0.717) is 6.42 Å². The van der Waals surface area contributed by atoms with Gasteiger partial charge in [0.25, 0.3) is 0 Å². The number of hydrogen-bond donors (Lipinski definition) is 0. The SMILES string of the molecule is Cc1nc(SCCCC#N)c2c3c(sc2n1)CCC3. The zero-order valence-corrected chi connectivity index (χ0v) is 12.5. The van der Waals surface area contributed by atoms with E-state index in [0.717, 1.165) is 27.9 Å². The van der Waals surface area contributed by atoms with Crippen molar-refractivity contribution in [1.29, 1.82) is 5.26 Å². The Morgan fingerprint density at radius 1 is 1.37 bits per heavy atom. The molecule has 2 heterocycles. The summed E-state index contributed by atoms with van der Waals surface area (Å²) >= 11 is 3.62. The number of nitriles is 1. The van der Waals surface area contributed by atoms with Gasteiger partial charge in [0, 0.05) is 22.4 Å². The summed E-state index contributed by atoms with van der Waals surface area (Å²) in [5, 5.41) is 11.0. The van der Waals surface area contributed by atoms with E-state index in [9.17, 15) is 0 Å². The predicted molar refractivity (Wildman–Crippen MR) is 79.7 cm³/mol. The molecule has 0 atom stereocenters. The molecule has 1 aliphatic rings. The summed E-state index contributed by atoms with van der Waals surface area (Å²) in [6.07, 6.45) is 5.20. The Hall–Kier alpha value is -1.12. The van der Waals surface area contributed by atoms with Gasteiger partial charge in [-0.2, -0.15) is 5.26 Å². The normalized spacial score (nSPS) is 13.7. The third kappa shape index (κ3) is 2.47. The molecule has 0 amide bonds. The van der Waals surface area contributed by atoms with E-state index in [1.54, 1.807) is 11.8 Å². The van der Waals surface area contributed by atoms with Gasteiger partial charge in [0.1, 0.15) is 15.7 Å². The molecule has 0 N–H and O–H groups in total. The number of hydrogen-bond acceptors (Lipinski definition) is 5. The lowest BCUT2D eigenvalue weighted by Crippen LogP contribution is -1.93. The van der Waals surface area contributed by atoms with E-state index >= 15 is 0 Å². The average molecular weight is 289 g/mol. The van der Waals surface area contributed by atoms with Crippen LogP contribution in [0.1, 0.15) is 35.5 Å². The monoisotopic (exact) mass is 289 g/mol. The highest BCUT2D eigenvalue weighted by Gasteiger charge is 2.21. The summed E-state index contributed by atoms with van der Waals surface area (Å²) in [5.74, 6) is 1.82. The van der Waals surface area contributed by atoms with E-state index in [-0.39, 0.29) is 0 Å². The van der Waals surface area contributed by atoms with Crippen LogP contribution in [0.4, 0.5) is 0 Å². The molecule has 0 aromatic carbocycles. The topological polar surface area (TPSA) is 49.6 Å². The Morgan fingerprint density at radius 2 is 2.26 bits per heavy atom. The first-order valence-electron chi connectivity index (χ1n) is 6.58. The van der Waals surface area contributed by atoms with Crippen molar-refractivity contribution in [2.24, 2.45) is 0 Å². The van der Waals surface area contributed by atoms with Gasteiger partial charge in [-0.05, 0) is 38.2 Å². The zero-order valence-electron chi connectivity index (χ0n) is 10.9. The highest BCUT2D eigenvalue weighted by molar-refractivity contribution is 7.99. The average Bonchev–Trinajstić information content (AvgIpc) is 2.93. The van der Waals surface area contributed by atoms with Crippen LogP contribution in [-0.4, -0.2) is 15.7 Å². The fourth-order valence-corrected chi connectivity index (χ4v) is 4.90. The molecule has 0 aliphatic heterocycles. The summed E-state index contributed by atoms with van der Waals surface area (Å²) in [4.78, 5) is 11.9. The molecule has 98 valence electrons. The second kappa shape index (κ2) is 5.48. The van der Waals surface area contributed by atoms with E-state index in [1.165, 1.54) is 35.1 Å². The highest BCUT2D eigenvalue weighted by Crippen LogP contribution is 2.40. The maximum absolute atomic E-state index is 8.59. The lowest BCUT2D eigenvalue weighted by Gasteiger charge is -2.04. The van der Waals surface area contributed by atoms with Crippen LogP contribution in [0.3, 0.4) is 0 Å². The molecule has 0 fully saturated rings. The van der Waals surface area contributed by atoms with Crippen molar-refractivity contribution in [1.82, 2.24) is 9.97 Å². The first-order chi connectivity index (χ1) is 9.29. The maximum Gasteiger partial charge on any atom is 0.128 e. The molecule has 0 saturated heterocycles. The molecule has 3 rings (SSSR count). The lowest BCUT2D eigenvalue weighted by molar-refractivity contribution is 0.914. The minimum Gasteiger partial charge on any atom is -0.226 e. The standard InChI is InChI=1S/C14H15N3S2/c1-9-16-13(18-8-3-2-7-15)12-10-5-4-6-11(10)19-14(12)17-9/h2-6,8H2,1H3. The molecule has 0 saturated carbocycles. The summed E-state index contributed by atoms with van der Waals surface area (Å²) in [6, 6.07) is 2.20. The van der Waals surface area contributed by atoms with Gasteiger partial charge in [0.2, 0.25) is 0 Å². The molecular weight excluding hydrogens is 274 g/mol. The van der Waals surface area contributed by atoms with Gasteiger partial charge in [-0.15, -0.1) is 23.1 Å². The van der Waals surface area contributed by atoms with E-state index in [1.807, 2.05) is 18.3 Å². The molecule has 3 nitrogen and oxygen atoms in total. The van der Waals surface area contributed by atoms with Crippen molar-refractivity contribution in [3.05, 3.63) is 16.3 Å². The van der Waals surface area contributed by atoms with Crippen LogP contribution in [0.5, 0.6) is 0 Å². The number of aryl methyl sites for hydroxylation is 3.